The summed E-state index contributed by atoms with van der Waals surface area (Å²) < 4.78 is 11.1. The van der Waals surface area contributed by atoms with Gasteiger partial charge in [0.15, 0.2) is 6.10 Å². The molecule has 1 heterocycles. The van der Waals surface area contributed by atoms with Crippen LogP contribution in [-0.2, 0) is 16.0 Å². The van der Waals surface area contributed by atoms with Gasteiger partial charge >= 0.3 is 0 Å². The van der Waals surface area contributed by atoms with Crippen molar-refractivity contribution in [3.63, 3.8) is 0 Å². The van der Waals surface area contributed by atoms with E-state index < -0.39 is 6.10 Å². The minimum absolute atomic E-state index is 0.134. The first-order valence-corrected chi connectivity index (χ1v) is 9.26. The van der Waals surface area contributed by atoms with Gasteiger partial charge in [0.1, 0.15) is 11.5 Å². The SMILES string of the molecule is C=CCN1C(=O)C(C)Oc2ccc(NC(=O)Cc3ccc(OCC)cc3)cc21. The smallest absolute Gasteiger partial charge is 0.268 e. The molecule has 2 aromatic carbocycles. The van der Waals surface area contributed by atoms with Crippen LogP contribution < -0.4 is 19.7 Å². The molecule has 28 heavy (non-hydrogen) atoms. The van der Waals surface area contributed by atoms with Crippen molar-refractivity contribution in [2.75, 3.05) is 23.4 Å². The number of benzene rings is 2. The molecule has 6 nitrogen and oxygen atoms in total. The highest BCUT2D eigenvalue weighted by molar-refractivity contribution is 6.01. The number of nitrogens with zero attached hydrogens (tertiary/aromatic N) is 1. The lowest BCUT2D eigenvalue weighted by Gasteiger charge is -2.32. The number of rotatable bonds is 7. The number of hydrogen-bond acceptors (Lipinski definition) is 4. The number of carbonyl (C=O) groups excluding carboxylic acids is 2. The molecule has 2 aromatic rings. The molecule has 1 aliphatic rings. The quantitative estimate of drug-likeness (QED) is 0.746. The van der Waals surface area contributed by atoms with Crippen molar-refractivity contribution in [2.24, 2.45) is 0 Å². The van der Waals surface area contributed by atoms with Crippen LogP contribution in [0, 0.1) is 0 Å². The Morgan fingerprint density at radius 2 is 2.04 bits per heavy atom. The van der Waals surface area contributed by atoms with Gasteiger partial charge in [-0.2, -0.15) is 0 Å². The zero-order valence-corrected chi connectivity index (χ0v) is 16.1. The lowest BCUT2D eigenvalue weighted by Crippen LogP contribution is -2.44. The number of anilines is 2. The van der Waals surface area contributed by atoms with E-state index in [2.05, 4.69) is 11.9 Å². The predicted molar refractivity (Wildman–Crippen MR) is 109 cm³/mol. The molecule has 146 valence electrons. The second-order valence-corrected chi connectivity index (χ2v) is 6.48. The van der Waals surface area contributed by atoms with Crippen molar-refractivity contribution in [3.05, 3.63) is 60.7 Å². The molecule has 0 spiro atoms. The Bertz CT molecular complexity index is 877. The van der Waals surface area contributed by atoms with Gasteiger partial charge in [-0.1, -0.05) is 18.2 Å². The van der Waals surface area contributed by atoms with Gasteiger partial charge in [-0.25, -0.2) is 0 Å². The Kier molecular flexibility index (Phi) is 5.99. The summed E-state index contributed by atoms with van der Waals surface area (Å²) in [6, 6.07) is 12.7. The molecule has 2 amide bonds. The van der Waals surface area contributed by atoms with Crippen LogP contribution in [0.25, 0.3) is 0 Å². The topological polar surface area (TPSA) is 67.9 Å². The molecule has 1 atom stereocenters. The van der Waals surface area contributed by atoms with Gasteiger partial charge in [0.25, 0.3) is 5.91 Å². The zero-order valence-electron chi connectivity index (χ0n) is 16.1. The van der Waals surface area contributed by atoms with E-state index in [1.54, 1.807) is 36.1 Å². The normalized spacial score (nSPS) is 15.4. The van der Waals surface area contributed by atoms with Crippen molar-refractivity contribution >= 4 is 23.2 Å². The fourth-order valence-electron chi connectivity index (χ4n) is 3.06. The number of amides is 2. The number of fused-ring (bicyclic) bond motifs is 1. The van der Waals surface area contributed by atoms with E-state index in [4.69, 9.17) is 9.47 Å². The molecule has 1 N–H and O–H groups in total. The summed E-state index contributed by atoms with van der Waals surface area (Å²) in [6.45, 7) is 8.33. The molecule has 6 heteroatoms. The molecule has 0 aliphatic carbocycles. The molecule has 1 aliphatic heterocycles. The molecular weight excluding hydrogens is 356 g/mol. The van der Waals surface area contributed by atoms with E-state index in [0.717, 1.165) is 11.3 Å². The van der Waals surface area contributed by atoms with Gasteiger partial charge < -0.3 is 19.7 Å². The third-order valence-electron chi connectivity index (χ3n) is 4.36. The third kappa shape index (κ3) is 4.34. The van der Waals surface area contributed by atoms with Crippen LogP contribution in [0.4, 0.5) is 11.4 Å². The first-order chi connectivity index (χ1) is 13.5. The van der Waals surface area contributed by atoms with E-state index in [0.29, 0.717) is 30.3 Å². The van der Waals surface area contributed by atoms with Gasteiger partial charge in [-0.3, -0.25) is 9.59 Å². The maximum Gasteiger partial charge on any atom is 0.268 e. The van der Waals surface area contributed by atoms with Gasteiger partial charge in [-0.15, -0.1) is 6.58 Å². The monoisotopic (exact) mass is 380 g/mol. The third-order valence-corrected chi connectivity index (χ3v) is 4.36. The van der Waals surface area contributed by atoms with Crippen molar-refractivity contribution in [2.45, 2.75) is 26.4 Å². The number of hydrogen-bond donors (Lipinski definition) is 1. The summed E-state index contributed by atoms with van der Waals surface area (Å²) in [7, 11) is 0. The Balaban J connectivity index is 1.71. The largest absolute Gasteiger partial charge is 0.494 e. The molecule has 0 saturated heterocycles. The summed E-state index contributed by atoms with van der Waals surface area (Å²) in [5.74, 6) is 1.11. The van der Waals surface area contributed by atoms with Gasteiger partial charge in [0.2, 0.25) is 5.91 Å². The van der Waals surface area contributed by atoms with Crippen LogP contribution in [0.5, 0.6) is 11.5 Å². The van der Waals surface area contributed by atoms with Crippen LogP contribution in [0.3, 0.4) is 0 Å². The lowest BCUT2D eigenvalue weighted by molar-refractivity contribution is -0.125. The number of carbonyl (C=O) groups is 2. The molecule has 1 unspecified atom stereocenters. The first-order valence-electron chi connectivity index (χ1n) is 9.26. The van der Waals surface area contributed by atoms with Crippen LogP contribution in [0.2, 0.25) is 0 Å². The number of ether oxygens (including phenoxy) is 2. The standard InChI is InChI=1S/C22H24N2O4/c1-4-12-24-19-14-17(8-11-20(19)28-15(3)22(24)26)23-21(25)13-16-6-9-18(10-7-16)27-5-2/h4,6-11,14-15H,1,5,12-13H2,2-3H3,(H,23,25). The van der Waals surface area contributed by atoms with E-state index in [-0.39, 0.29) is 18.2 Å². The molecular formula is C22H24N2O4. The molecule has 0 fully saturated rings. The molecule has 0 saturated carbocycles. The van der Waals surface area contributed by atoms with Crippen molar-refractivity contribution in [1.82, 2.24) is 0 Å². The predicted octanol–water partition coefficient (Wildman–Crippen LogP) is 3.57. The minimum Gasteiger partial charge on any atom is -0.494 e. The Morgan fingerprint density at radius 3 is 2.71 bits per heavy atom. The molecule has 3 rings (SSSR count). The molecule has 0 aromatic heterocycles. The minimum atomic E-state index is -0.549. The maximum absolute atomic E-state index is 12.4. The fraction of sp³-hybridized carbons (Fsp3) is 0.273. The van der Waals surface area contributed by atoms with E-state index >= 15 is 0 Å². The summed E-state index contributed by atoms with van der Waals surface area (Å²) in [4.78, 5) is 26.4. The van der Waals surface area contributed by atoms with Crippen molar-refractivity contribution in [1.29, 1.82) is 0 Å². The van der Waals surface area contributed by atoms with Crippen LogP contribution in [0.15, 0.2) is 55.1 Å². The second kappa shape index (κ2) is 8.61. The van der Waals surface area contributed by atoms with E-state index in [1.807, 2.05) is 31.2 Å². The Labute approximate surface area is 164 Å². The van der Waals surface area contributed by atoms with Crippen LogP contribution >= 0.6 is 0 Å². The summed E-state index contributed by atoms with van der Waals surface area (Å²) >= 11 is 0. The average molecular weight is 380 g/mol. The van der Waals surface area contributed by atoms with Crippen molar-refractivity contribution in [3.8, 4) is 11.5 Å². The van der Waals surface area contributed by atoms with E-state index in [1.165, 1.54) is 0 Å². The highest BCUT2D eigenvalue weighted by atomic mass is 16.5. The number of nitrogens with one attached hydrogen (secondary N) is 1. The summed E-state index contributed by atoms with van der Waals surface area (Å²) in [5, 5.41) is 2.88. The summed E-state index contributed by atoms with van der Waals surface area (Å²) in [6.07, 6.45) is 1.36. The Hall–Kier alpha value is -3.28. The van der Waals surface area contributed by atoms with Gasteiger partial charge in [-0.05, 0) is 49.7 Å². The van der Waals surface area contributed by atoms with Gasteiger partial charge in [0.05, 0.1) is 18.7 Å². The molecule has 0 bridgehead atoms. The lowest BCUT2D eigenvalue weighted by atomic mass is 10.1. The fourth-order valence-corrected chi connectivity index (χ4v) is 3.06. The first kappa shape index (κ1) is 19.5. The highest BCUT2D eigenvalue weighted by Gasteiger charge is 2.30. The van der Waals surface area contributed by atoms with Crippen LogP contribution in [0.1, 0.15) is 19.4 Å². The molecule has 0 radical (unpaired) electrons. The zero-order chi connectivity index (χ0) is 20.1. The van der Waals surface area contributed by atoms with Crippen LogP contribution in [-0.4, -0.2) is 31.1 Å². The maximum atomic E-state index is 12.4. The Morgan fingerprint density at radius 1 is 1.29 bits per heavy atom. The van der Waals surface area contributed by atoms with Crippen molar-refractivity contribution < 1.29 is 19.1 Å². The summed E-state index contributed by atoms with van der Waals surface area (Å²) in [5.41, 5.74) is 2.12. The highest BCUT2D eigenvalue weighted by Crippen LogP contribution is 2.36. The average Bonchev–Trinajstić information content (AvgIpc) is 2.67. The van der Waals surface area contributed by atoms with Gasteiger partial charge in [0, 0.05) is 12.2 Å². The van der Waals surface area contributed by atoms with E-state index in [9.17, 15) is 9.59 Å². The second-order valence-electron chi connectivity index (χ2n) is 6.48.